The van der Waals surface area contributed by atoms with Gasteiger partial charge in [0, 0.05) is 32.9 Å². The van der Waals surface area contributed by atoms with Gasteiger partial charge in [0.25, 0.3) is 5.91 Å². The summed E-state index contributed by atoms with van der Waals surface area (Å²) in [5.74, 6) is -1.71. The summed E-state index contributed by atoms with van der Waals surface area (Å²) in [6, 6.07) is 14.1. The van der Waals surface area contributed by atoms with Gasteiger partial charge >= 0.3 is 5.97 Å². The zero-order valence-electron chi connectivity index (χ0n) is 15.1. The molecule has 0 radical (unpaired) electrons. The van der Waals surface area contributed by atoms with Gasteiger partial charge in [-0.1, -0.05) is 30.3 Å². The predicted octanol–water partition coefficient (Wildman–Crippen LogP) is 3.72. The minimum Gasteiger partial charge on any atom is -0.481 e. The zero-order chi connectivity index (χ0) is 19.2. The molecule has 26 heavy (non-hydrogen) atoms. The molecule has 138 valence electrons. The SMILES string of the molecule is COC(C)(C)Oc1c(CCC(=O)O)cccc1NC(=O)c1ccccc1. The lowest BCUT2D eigenvalue weighted by atomic mass is 10.1. The first-order valence-electron chi connectivity index (χ1n) is 8.26. The summed E-state index contributed by atoms with van der Waals surface area (Å²) >= 11 is 0. The Morgan fingerprint density at radius 3 is 2.38 bits per heavy atom. The molecule has 0 saturated heterocycles. The Bertz CT molecular complexity index is 771. The Morgan fingerprint density at radius 2 is 1.77 bits per heavy atom. The highest BCUT2D eigenvalue weighted by atomic mass is 16.7. The van der Waals surface area contributed by atoms with Crippen molar-refractivity contribution in [1.82, 2.24) is 0 Å². The van der Waals surface area contributed by atoms with Crippen LogP contribution in [0.5, 0.6) is 5.75 Å². The molecule has 2 aromatic carbocycles. The standard InChI is InChI=1S/C20H23NO5/c1-20(2,25-3)26-18-14(12-13-17(22)23)10-7-11-16(18)21-19(24)15-8-5-4-6-9-15/h4-11H,12-13H2,1-3H3,(H,21,24)(H,22,23). The summed E-state index contributed by atoms with van der Waals surface area (Å²) in [6.45, 7) is 3.48. The van der Waals surface area contributed by atoms with E-state index in [9.17, 15) is 9.59 Å². The van der Waals surface area contributed by atoms with Gasteiger partial charge in [-0.2, -0.15) is 0 Å². The van der Waals surface area contributed by atoms with E-state index in [0.717, 1.165) is 0 Å². The molecule has 0 saturated carbocycles. The minimum absolute atomic E-state index is 0.0418. The number of aryl methyl sites for hydroxylation is 1. The molecular formula is C20H23NO5. The molecule has 6 nitrogen and oxygen atoms in total. The second-order valence-electron chi connectivity index (χ2n) is 6.21. The molecule has 6 heteroatoms. The summed E-state index contributed by atoms with van der Waals surface area (Å²) in [7, 11) is 1.52. The Morgan fingerprint density at radius 1 is 1.08 bits per heavy atom. The topological polar surface area (TPSA) is 84.9 Å². The molecule has 0 bridgehead atoms. The summed E-state index contributed by atoms with van der Waals surface area (Å²) in [6.07, 6.45) is 0.235. The van der Waals surface area contributed by atoms with Crippen LogP contribution in [0.2, 0.25) is 0 Å². The Balaban J connectivity index is 2.35. The molecule has 2 rings (SSSR count). The van der Waals surface area contributed by atoms with Gasteiger partial charge in [-0.15, -0.1) is 0 Å². The summed E-state index contributed by atoms with van der Waals surface area (Å²) in [5, 5.41) is 11.8. The lowest BCUT2D eigenvalue weighted by Crippen LogP contribution is -2.31. The highest BCUT2D eigenvalue weighted by molar-refractivity contribution is 6.05. The first-order valence-corrected chi connectivity index (χ1v) is 8.26. The molecule has 0 spiro atoms. The third-order valence-electron chi connectivity index (χ3n) is 3.83. The number of nitrogens with one attached hydrogen (secondary N) is 1. The third kappa shape index (κ3) is 5.32. The maximum atomic E-state index is 12.5. The summed E-state index contributed by atoms with van der Waals surface area (Å²) < 4.78 is 11.3. The van der Waals surface area contributed by atoms with Crippen LogP contribution in [0.25, 0.3) is 0 Å². The second kappa shape index (κ2) is 8.49. The Kier molecular flexibility index (Phi) is 6.36. The first kappa shape index (κ1) is 19.5. The van der Waals surface area contributed by atoms with Crippen molar-refractivity contribution in [2.45, 2.75) is 32.5 Å². The monoisotopic (exact) mass is 357 g/mol. The van der Waals surface area contributed by atoms with Crippen molar-refractivity contribution in [3.05, 3.63) is 59.7 Å². The fourth-order valence-electron chi connectivity index (χ4n) is 2.31. The smallest absolute Gasteiger partial charge is 0.303 e. The lowest BCUT2D eigenvalue weighted by molar-refractivity contribution is -0.137. The van der Waals surface area contributed by atoms with E-state index >= 15 is 0 Å². The number of carboxylic acid groups (broad SMARTS) is 1. The Hall–Kier alpha value is -2.86. The average Bonchev–Trinajstić information content (AvgIpc) is 2.62. The highest BCUT2D eigenvalue weighted by Gasteiger charge is 2.23. The van der Waals surface area contributed by atoms with E-state index in [2.05, 4.69) is 5.32 Å². The van der Waals surface area contributed by atoms with Crippen molar-refractivity contribution >= 4 is 17.6 Å². The van der Waals surface area contributed by atoms with E-state index in [-0.39, 0.29) is 18.7 Å². The second-order valence-corrected chi connectivity index (χ2v) is 6.21. The van der Waals surface area contributed by atoms with Gasteiger partial charge in [-0.3, -0.25) is 9.59 Å². The van der Waals surface area contributed by atoms with Gasteiger partial charge in [-0.25, -0.2) is 0 Å². The molecule has 0 heterocycles. The van der Waals surface area contributed by atoms with E-state index in [4.69, 9.17) is 14.6 Å². The van der Waals surface area contributed by atoms with Gasteiger partial charge in [0.05, 0.1) is 5.69 Å². The number of ether oxygens (including phenoxy) is 2. The maximum Gasteiger partial charge on any atom is 0.303 e. The average molecular weight is 357 g/mol. The molecule has 2 aromatic rings. The number of hydrogen-bond acceptors (Lipinski definition) is 4. The van der Waals surface area contributed by atoms with Crippen LogP contribution >= 0.6 is 0 Å². The predicted molar refractivity (Wildman–Crippen MR) is 98.5 cm³/mol. The molecular weight excluding hydrogens is 334 g/mol. The zero-order valence-corrected chi connectivity index (χ0v) is 15.1. The molecule has 0 aliphatic rings. The Labute approximate surface area is 152 Å². The van der Waals surface area contributed by atoms with Crippen LogP contribution in [0.4, 0.5) is 5.69 Å². The van der Waals surface area contributed by atoms with Crippen molar-refractivity contribution in [3.63, 3.8) is 0 Å². The quantitative estimate of drug-likeness (QED) is 0.704. The molecule has 1 amide bonds. The van der Waals surface area contributed by atoms with Gasteiger partial charge < -0.3 is 19.9 Å². The van der Waals surface area contributed by atoms with Crippen LogP contribution in [0.3, 0.4) is 0 Å². The van der Waals surface area contributed by atoms with E-state index < -0.39 is 11.8 Å². The molecule has 0 aliphatic heterocycles. The van der Waals surface area contributed by atoms with Gasteiger partial charge in [0.1, 0.15) is 5.75 Å². The lowest BCUT2D eigenvalue weighted by Gasteiger charge is -2.27. The summed E-state index contributed by atoms with van der Waals surface area (Å²) in [4.78, 5) is 23.4. The van der Waals surface area contributed by atoms with Crippen LogP contribution in [0.1, 0.15) is 36.2 Å². The third-order valence-corrected chi connectivity index (χ3v) is 3.83. The fourth-order valence-corrected chi connectivity index (χ4v) is 2.31. The number of carbonyl (C=O) groups is 2. The van der Waals surface area contributed by atoms with Crippen molar-refractivity contribution < 1.29 is 24.2 Å². The minimum atomic E-state index is -0.939. The molecule has 0 aromatic heterocycles. The molecule has 2 N–H and O–H groups in total. The highest BCUT2D eigenvalue weighted by Crippen LogP contribution is 2.33. The fraction of sp³-hybridized carbons (Fsp3) is 0.300. The summed E-state index contributed by atoms with van der Waals surface area (Å²) in [5.41, 5.74) is 1.66. The van der Waals surface area contributed by atoms with Crippen molar-refractivity contribution in [2.24, 2.45) is 0 Å². The maximum absolute atomic E-state index is 12.5. The molecule has 0 aliphatic carbocycles. The van der Waals surface area contributed by atoms with Crippen LogP contribution in [-0.4, -0.2) is 29.9 Å². The number of amides is 1. The van der Waals surface area contributed by atoms with Gasteiger partial charge in [0.2, 0.25) is 5.79 Å². The first-order chi connectivity index (χ1) is 12.3. The number of aliphatic carboxylic acids is 1. The van der Waals surface area contributed by atoms with E-state index in [1.165, 1.54) is 7.11 Å². The van der Waals surface area contributed by atoms with E-state index in [0.29, 0.717) is 22.6 Å². The number of anilines is 1. The number of para-hydroxylation sites is 1. The van der Waals surface area contributed by atoms with E-state index in [1.807, 2.05) is 6.07 Å². The number of benzene rings is 2. The van der Waals surface area contributed by atoms with Crippen molar-refractivity contribution in [3.8, 4) is 5.75 Å². The normalized spacial score (nSPS) is 11.0. The number of methoxy groups -OCH3 is 1. The number of carbonyl (C=O) groups excluding carboxylic acids is 1. The molecule has 0 fully saturated rings. The number of carboxylic acids is 1. The van der Waals surface area contributed by atoms with Crippen LogP contribution in [-0.2, 0) is 16.0 Å². The van der Waals surface area contributed by atoms with Crippen LogP contribution < -0.4 is 10.1 Å². The molecule has 0 atom stereocenters. The largest absolute Gasteiger partial charge is 0.481 e. The van der Waals surface area contributed by atoms with Gasteiger partial charge in [-0.05, 0) is 30.2 Å². The van der Waals surface area contributed by atoms with Crippen molar-refractivity contribution in [2.75, 3.05) is 12.4 Å². The number of rotatable bonds is 8. The van der Waals surface area contributed by atoms with Gasteiger partial charge in [0.15, 0.2) is 0 Å². The van der Waals surface area contributed by atoms with Crippen molar-refractivity contribution in [1.29, 1.82) is 0 Å². The molecule has 0 unspecified atom stereocenters. The van der Waals surface area contributed by atoms with E-state index in [1.54, 1.807) is 56.3 Å². The number of hydrogen-bond donors (Lipinski definition) is 2. The van der Waals surface area contributed by atoms with Crippen LogP contribution in [0.15, 0.2) is 48.5 Å². The van der Waals surface area contributed by atoms with Crippen LogP contribution in [0, 0.1) is 0 Å².